The van der Waals surface area contributed by atoms with Crippen LogP contribution >= 0.6 is 11.3 Å². The number of carbonyl (C=O) groups excluding carboxylic acids is 1. The van der Waals surface area contributed by atoms with Crippen molar-refractivity contribution < 1.29 is 9.18 Å². The largest absolute Gasteiger partial charge is 0.324 e. The van der Waals surface area contributed by atoms with Crippen molar-refractivity contribution >= 4 is 23.1 Å². The van der Waals surface area contributed by atoms with E-state index in [2.05, 4.69) is 15.5 Å². The van der Waals surface area contributed by atoms with E-state index >= 15 is 0 Å². The van der Waals surface area contributed by atoms with Crippen LogP contribution in [0.4, 0.5) is 14.9 Å². The molecule has 0 aliphatic carbocycles. The van der Waals surface area contributed by atoms with Gasteiger partial charge in [-0.3, -0.25) is 0 Å². The van der Waals surface area contributed by atoms with Crippen LogP contribution in [0.2, 0.25) is 0 Å². The number of nitrogens with zero attached hydrogens (tertiary/aromatic N) is 3. The van der Waals surface area contributed by atoms with E-state index in [1.165, 1.54) is 17.4 Å². The number of aromatic nitrogens is 2. The number of rotatable bonds is 3. The summed E-state index contributed by atoms with van der Waals surface area (Å²) in [6, 6.07) is 14.2. The van der Waals surface area contributed by atoms with Crippen LogP contribution in [-0.4, -0.2) is 34.2 Å². The fraction of sp³-hybridized carbons (Fsp3) is 0.286. The smallest absolute Gasteiger partial charge is 0.321 e. The van der Waals surface area contributed by atoms with Gasteiger partial charge >= 0.3 is 6.03 Å². The van der Waals surface area contributed by atoms with Gasteiger partial charge in [-0.05, 0) is 49.6 Å². The van der Waals surface area contributed by atoms with Gasteiger partial charge in [-0.1, -0.05) is 35.6 Å². The molecule has 0 saturated carbocycles. The molecule has 4 rings (SSSR count). The van der Waals surface area contributed by atoms with E-state index in [9.17, 15) is 9.18 Å². The summed E-state index contributed by atoms with van der Waals surface area (Å²) in [5.41, 5.74) is 2.37. The topological polar surface area (TPSA) is 58.1 Å². The normalized spacial score (nSPS) is 16.8. The standard InChI is InChI=1S/C21H21FN4OS/c1-14-6-4-8-16(12-14)23-21(27)26-11-5-7-15(13-26)19-24-25-20(28-19)17-9-2-3-10-18(17)22/h2-4,6,8-10,12,15H,5,7,11,13H2,1H3,(H,23,27). The second-order valence-corrected chi connectivity index (χ2v) is 8.02. The number of urea groups is 1. The maximum atomic E-state index is 14.0. The van der Waals surface area contributed by atoms with Gasteiger partial charge in [-0.15, -0.1) is 10.2 Å². The van der Waals surface area contributed by atoms with E-state index in [0.717, 1.165) is 29.1 Å². The zero-order valence-electron chi connectivity index (χ0n) is 15.6. The van der Waals surface area contributed by atoms with Crippen molar-refractivity contribution in [2.24, 2.45) is 0 Å². The number of carbonyl (C=O) groups is 1. The lowest BCUT2D eigenvalue weighted by molar-refractivity contribution is 0.192. The summed E-state index contributed by atoms with van der Waals surface area (Å²) in [6.07, 6.45) is 1.85. The Morgan fingerprint density at radius 2 is 2.07 bits per heavy atom. The number of hydrogen-bond acceptors (Lipinski definition) is 4. The Labute approximate surface area is 167 Å². The third kappa shape index (κ3) is 4.04. The van der Waals surface area contributed by atoms with Gasteiger partial charge < -0.3 is 10.2 Å². The molecule has 2 amide bonds. The number of hydrogen-bond donors (Lipinski definition) is 1. The molecule has 3 aromatic rings. The van der Waals surface area contributed by atoms with Gasteiger partial charge in [-0.2, -0.15) is 0 Å². The molecule has 0 radical (unpaired) electrons. The molecular formula is C21H21FN4OS. The summed E-state index contributed by atoms with van der Waals surface area (Å²) in [6.45, 7) is 3.30. The van der Waals surface area contributed by atoms with Crippen LogP contribution in [0, 0.1) is 12.7 Å². The summed E-state index contributed by atoms with van der Waals surface area (Å²) < 4.78 is 14.0. The van der Waals surface area contributed by atoms with E-state index in [4.69, 9.17) is 0 Å². The minimum absolute atomic E-state index is 0.103. The Morgan fingerprint density at radius 1 is 1.21 bits per heavy atom. The number of benzene rings is 2. The lowest BCUT2D eigenvalue weighted by atomic mass is 9.99. The van der Waals surface area contributed by atoms with E-state index in [-0.39, 0.29) is 17.8 Å². The number of amides is 2. The van der Waals surface area contributed by atoms with Crippen molar-refractivity contribution in [3.63, 3.8) is 0 Å². The van der Waals surface area contributed by atoms with Gasteiger partial charge in [0.2, 0.25) is 0 Å². The van der Waals surface area contributed by atoms with Crippen molar-refractivity contribution in [1.29, 1.82) is 0 Å². The molecule has 0 spiro atoms. The molecule has 144 valence electrons. The average molecular weight is 396 g/mol. The number of halogens is 1. The predicted molar refractivity (Wildman–Crippen MR) is 109 cm³/mol. The Bertz CT molecular complexity index is 990. The van der Waals surface area contributed by atoms with Crippen LogP contribution in [0.25, 0.3) is 10.6 Å². The highest BCUT2D eigenvalue weighted by Crippen LogP contribution is 2.33. The monoisotopic (exact) mass is 396 g/mol. The Hall–Kier alpha value is -2.80. The van der Waals surface area contributed by atoms with E-state index in [1.54, 1.807) is 18.2 Å². The van der Waals surface area contributed by atoms with E-state index in [1.807, 2.05) is 36.1 Å². The van der Waals surface area contributed by atoms with Crippen LogP contribution in [-0.2, 0) is 0 Å². The minimum atomic E-state index is -0.298. The number of aryl methyl sites for hydroxylation is 1. The highest BCUT2D eigenvalue weighted by molar-refractivity contribution is 7.14. The minimum Gasteiger partial charge on any atom is -0.324 e. The molecule has 5 nitrogen and oxygen atoms in total. The summed E-state index contributed by atoms with van der Waals surface area (Å²) in [5, 5.41) is 12.9. The fourth-order valence-electron chi connectivity index (χ4n) is 3.43. The molecule has 1 atom stereocenters. The molecule has 1 saturated heterocycles. The first-order valence-electron chi connectivity index (χ1n) is 9.31. The zero-order valence-corrected chi connectivity index (χ0v) is 16.4. The Kier molecular flexibility index (Phi) is 5.34. The predicted octanol–water partition coefficient (Wildman–Crippen LogP) is 5.06. The first-order chi connectivity index (χ1) is 13.6. The summed E-state index contributed by atoms with van der Waals surface area (Å²) >= 11 is 1.41. The van der Waals surface area contributed by atoms with Crippen molar-refractivity contribution in [3.05, 3.63) is 64.9 Å². The lowest BCUT2D eigenvalue weighted by Gasteiger charge is -2.31. The van der Waals surface area contributed by atoms with Crippen molar-refractivity contribution in [2.75, 3.05) is 18.4 Å². The van der Waals surface area contributed by atoms with Crippen molar-refractivity contribution in [1.82, 2.24) is 15.1 Å². The summed E-state index contributed by atoms with van der Waals surface area (Å²) in [7, 11) is 0. The Morgan fingerprint density at radius 3 is 2.89 bits per heavy atom. The number of nitrogens with one attached hydrogen (secondary N) is 1. The molecule has 2 heterocycles. The highest BCUT2D eigenvalue weighted by atomic mass is 32.1. The SMILES string of the molecule is Cc1cccc(NC(=O)N2CCCC(c3nnc(-c4ccccc4F)s3)C2)c1. The highest BCUT2D eigenvalue weighted by Gasteiger charge is 2.27. The molecule has 1 fully saturated rings. The number of piperidine rings is 1. The summed E-state index contributed by atoms with van der Waals surface area (Å²) in [5.74, 6) is -0.178. The molecule has 2 aromatic carbocycles. The molecule has 1 aliphatic heterocycles. The molecule has 1 aliphatic rings. The first kappa shape index (κ1) is 18.6. The second-order valence-electron chi connectivity index (χ2n) is 7.01. The molecule has 0 bridgehead atoms. The number of anilines is 1. The molecular weight excluding hydrogens is 375 g/mol. The van der Waals surface area contributed by atoms with E-state index < -0.39 is 0 Å². The van der Waals surface area contributed by atoms with Gasteiger partial charge in [0.1, 0.15) is 10.8 Å². The molecule has 1 N–H and O–H groups in total. The zero-order chi connectivity index (χ0) is 19.5. The first-order valence-corrected chi connectivity index (χ1v) is 10.1. The molecule has 1 aromatic heterocycles. The molecule has 28 heavy (non-hydrogen) atoms. The van der Waals surface area contributed by atoms with Crippen molar-refractivity contribution in [2.45, 2.75) is 25.7 Å². The van der Waals surface area contributed by atoms with Gasteiger partial charge in [-0.25, -0.2) is 9.18 Å². The third-order valence-electron chi connectivity index (χ3n) is 4.87. The maximum absolute atomic E-state index is 14.0. The quantitative estimate of drug-likeness (QED) is 0.673. The molecule has 1 unspecified atom stereocenters. The van der Waals surface area contributed by atoms with Gasteiger partial charge in [0.25, 0.3) is 0 Å². The summed E-state index contributed by atoms with van der Waals surface area (Å²) in [4.78, 5) is 14.5. The second kappa shape index (κ2) is 8.06. The van der Waals surface area contributed by atoms with Crippen molar-refractivity contribution in [3.8, 4) is 10.6 Å². The third-order valence-corrected chi connectivity index (χ3v) is 5.99. The van der Waals surface area contributed by atoms with Crippen LogP contribution in [0.3, 0.4) is 0 Å². The van der Waals surface area contributed by atoms with Gasteiger partial charge in [0, 0.05) is 30.3 Å². The maximum Gasteiger partial charge on any atom is 0.321 e. The Balaban J connectivity index is 1.45. The number of likely N-dealkylation sites (tertiary alicyclic amines) is 1. The van der Waals surface area contributed by atoms with Crippen LogP contribution in [0.1, 0.15) is 29.3 Å². The van der Waals surface area contributed by atoms with Crippen LogP contribution in [0.5, 0.6) is 0 Å². The van der Waals surface area contributed by atoms with Crippen LogP contribution in [0.15, 0.2) is 48.5 Å². The van der Waals surface area contributed by atoms with E-state index in [0.29, 0.717) is 23.7 Å². The van der Waals surface area contributed by atoms with Gasteiger partial charge in [0.15, 0.2) is 5.01 Å². The molecule has 7 heteroatoms. The fourth-order valence-corrected chi connectivity index (χ4v) is 4.43. The lowest BCUT2D eigenvalue weighted by Crippen LogP contribution is -2.41. The van der Waals surface area contributed by atoms with Crippen LogP contribution < -0.4 is 5.32 Å². The average Bonchev–Trinajstić information content (AvgIpc) is 3.18. The van der Waals surface area contributed by atoms with Gasteiger partial charge in [0.05, 0.1) is 0 Å².